The van der Waals surface area contributed by atoms with E-state index in [9.17, 15) is 13.2 Å². The lowest BCUT2D eigenvalue weighted by molar-refractivity contribution is -0.174. The molecule has 19 heavy (non-hydrogen) atoms. The molecule has 0 spiro atoms. The largest absolute Gasteiger partial charge is 0.494 e. The van der Waals surface area contributed by atoms with Gasteiger partial charge in [-0.2, -0.15) is 13.2 Å². The van der Waals surface area contributed by atoms with Gasteiger partial charge in [-0.1, -0.05) is 12.1 Å². The van der Waals surface area contributed by atoms with Gasteiger partial charge < -0.3 is 15.2 Å². The van der Waals surface area contributed by atoms with Gasteiger partial charge in [0, 0.05) is 12.6 Å². The molecule has 0 radical (unpaired) electrons. The topological polar surface area (TPSA) is 44.5 Å². The summed E-state index contributed by atoms with van der Waals surface area (Å²) in [7, 11) is 0. The highest BCUT2D eigenvalue weighted by Gasteiger charge is 2.27. The molecule has 1 atom stereocenters. The highest BCUT2D eigenvalue weighted by molar-refractivity contribution is 5.28. The number of hydrogen-bond donors (Lipinski definition) is 1. The van der Waals surface area contributed by atoms with E-state index in [-0.39, 0.29) is 12.6 Å². The molecule has 1 aromatic carbocycles. The van der Waals surface area contributed by atoms with Crippen molar-refractivity contribution in [2.24, 2.45) is 5.73 Å². The van der Waals surface area contributed by atoms with Crippen LogP contribution in [0, 0.1) is 0 Å². The van der Waals surface area contributed by atoms with Crippen LogP contribution in [0.3, 0.4) is 0 Å². The van der Waals surface area contributed by atoms with Crippen LogP contribution in [0.5, 0.6) is 5.75 Å². The Morgan fingerprint density at radius 1 is 1.21 bits per heavy atom. The third-order valence-electron chi connectivity index (χ3n) is 2.46. The lowest BCUT2D eigenvalue weighted by atomic mass is 10.1. The normalized spacial score (nSPS) is 13.3. The molecular formula is C13H18F3NO2. The first-order chi connectivity index (χ1) is 8.92. The van der Waals surface area contributed by atoms with Crippen LogP contribution in [-0.2, 0) is 4.74 Å². The summed E-state index contributed by atoms with van der Waals surface area (Å²) in [6.07, 6.45) is -3.95. The second-order valence-corrected chi connectivity index (χ2v) is 4.06. The zero-order valence-electron chi connectivity index (χ0n) is 10.7. The standard InChI is InChI=1S/C13H18F3NO2/c1-2-19-11-5-3-10(4-6-11)12(17)7-8-18-9-13(14,15)16/h3-6,12H,2,7-9,17H2,1H3. The predicted octanol–water partition coefficient (Wildman–Crippen LogP) is 3.05. The molecule has 108 valence electrons. The molecule has 0 aromatic heterocycles. The molecule has 0 saturated heterocycles. The third kappa shape index (κ3) is 6.45. The quantitative estimate of drug-likeness (QED) is 0.779. The molecule has 0 fully saturated rings. The van der Waals surface area contributed by atoms with Gasteiger partial charge in [0.05, 0.1) is 6.61 Å². The molecular weight excluding hydrogens is 259 g/mol. The Kier molecular flexibility index (Phi) is 6.11. The van der Waals surface area contributed by atoms with E-state index in [1.165, 1.54) is 0 Å². The second-order valence-electron chi connectivity index (χ2n) is 4.06. The van der Waals surface area contributed by atoms with E-state index in [0.29, 0.717) is 13.0 Å². The van der Waals surface area contributed by atoms with Crippen molar-refractivity contribution in [1.29, 1.82) is 0 Å². The molecule has 3 nitrogen and oxygen atoms in total. The fourth-order valence-corrected chi connectivity index (χ4v) is 1.54. The van der Waals surface area contributed by atoms with Crippen molar-refractivity contribution < 1.29 is 22.6 Å². The summed E-state index contributed by atoms with van der Waals surface area (Å²) in [5, 5.41) is 0. The predicted molar refractivity (Wildman–Crippen MR) is 66.0 cm³/mol. The van der Waals surface area contributed by atoms with Gasteiger partial charge in [0.1, 0.15) is 12.4 Å². The maximum Gasteiger partial charge on any atom is 0.411 e. The van der Waals surface area contributed by atoms with Crippen molar-refractivity contribution in [3.05, 3.63) is 29.8 Å². The fraction of sp³-hybridized carbons (Fsp3) is 0.538. The van der Waals surface area contributed by atoms with E-state index in [0.717, 1.165) is 11.3 Å². The molecule has 0 heterocycles. The highest BCUT2D eigenvalue weighted by atomic mass is 19.4. The summed E-state index contributed by atoms with van der Waals surface area (Å²) in [5.41, 5.74) is 6.71. The summed E-state index contributed by atoms with van der Waals surface area (Å²) in [6, 6.07) is 6.84. The number of ether oxygens (including phenoxy) is 2. The van der Waals surface area contributed by atoms with Crippen LogP contribution in [0.25, 0.3) is 0 Å². The minimum Gasteiger partial charge on any atom is -0.494 e. The van der Waals surface area contributed by atoms with E-state index in [1.54, 1.807) is 24.3 Å². The average molecular weight is 277 g/mol. The van der Waals surface area contributed by atoms with Gasteiger partial charge in [0.2, 0.25) is 0 Å². The van der Waals surface area contributed by atoms with Gasteiger partial charge in [0.15, 0.2) is 0 Å². The monoisotopic (exact) mass is 277 g/mol. The molecule has 0 aliphatic heterocycles. The maximum atomic E-state index is 11.8. The van der Waals surface area contributed by atoms with E-state index in [4.69, 9.17) is 10.5 Å². The Hall–Kier alpha value is -1.27. The van der Waals surface area contributed by atoms with Crippen LogP contribution in [-0.4, -0.2) is 26.0 Å². The van der Waals surface area contributed by atoms with Crippen LogP contribution < -0.4 is 10.5 Å². The van der Waals surface area contributed by atoms with Crippen LogP contribution in [0.15, 0.2) is 24.3 Å². The molecule has 0 aliphatic carbocycles. The number of rotatable bonds is 7. The number of hydrogen-bond acceptors (Lipinski definition) is 3. The lowest BCUT2D eigenvalue weighted by Crippen LogP contribution is -2.19. The smallest absolute Gasteiger partial charge is 0.411 e. The number of benzene rings is 1. The van der Waals surface area contributed by atoms with Gasteiger partial charge in [-0.15, -0.1) is 0 Å². The van der Waals surface area contributed by atoms with Crippen LogP contribution in [0.1, 0.15) is 24.9 Å². The van der Waals surface area contributed by atoms with Crippen molar-refractivity contribution in [3.8, 4) is 5.75 Å². The Morgan fingerprint density at radius 3 is 2.37 bits per heavy atom. The first kappa shape index (κ1) is 15.8. The Labute approximate surface area is 110 Å². The van der Waals surface area contributed by atoms with Crippen LogP contribution in [0.4, 0.5) is 13.2 Å². The third-order valence-corrected chi connectivity index (χ3v) is 2.46. The minimum atomic E-state index is -4.29. The van der Waals surface area contributed by atoms with Gasteiger partial charge in [-0.3, -0.25) is 0 Å². The fourth-order valence-electron chi connectivity index (χ4n) is 1.54. The summed E-state index contributed by atoms with van der Waals surface area (Å²) in [4.78, 5) is 0. The van der Waals surface area contributed by atoms with E-state index >= 15 is 0 Å². The van der Waals surface area contributed by atoms with Crippen LogP contribution in [0.2, 0.25) is 0 Å². The molecule has 0 aliphatic rings. The number of nitrogens with two attached hydrogens (primary N) is 1. The number of halogens is 3. The van der Waals surface area contributed by atoms with Crippen molar-refractivity contribution in [3.63, 3.8) is 0 Å². The Morgan fingerprint density at radius 2 is 1.84 bits per heavy atom. The summed E-state index contributed by atoms with van der Waals surface area (Å²) < 4.78 is 45.4. The molecule has 2 N–H and O–H groups in total. The molecule has 1 rings (SSSR count). The van der Waals surface area contributed by atoms with Crippen molar-refractivity contribution in [2.75, 3.05) is 19.8 Å². The van der Waals surface area contributed by atoms with Crippen molar-refractivity contribution in [2.45, 2.75) is 25.6 Å². The van der Waals surface area contributed by atoms with Crippen molar-refractivity contribution in [1.82, 2.24) is 0 Å². The van der Waals surface area contributed by atoms with Gasteiger partial charge in [0.25, 0.3) is 0 Å². The van der Waals surface area contributed by atoms with E-state index < -0.39 is 12.8 Å². The average Bonchev–Trinajstić information content (AvgIpc) is 2.34. The Bertz CT molecular complexity index is 365. The molecule has 0 bridgehead atoms. The minimum absolute atomic E-state index is 0.0200. The molecule has 0 amide bonds. The maximum absolute atomic E-state index is 11.8. The molecule has 0 saturated carbocycles. The molecule has 1 aromatic rings. The zero-order valence-corrected chi connectivity index (χ0v) is 10.7. The van der Waals surface area contributed by atoms with Gasteiger partial charge in [-0.25, -0.2) is 0 Å². The second kappa shape index (κ2) is 7.35. The van der Waals surface area contributed by atoms with Crippen molar-refractivity contribution >= 4 is 0 Å². The first-order valence-electron chi connectivity index (χ1n) is 6.05. The van der Waals surface area contributed by atoms with Gasteiger partial charge >= 0.3 is 6.18 Å². The van der Waals surface area contributed by atoms with Crippen LogP contribution >= 0.6 is 0 Å². The SMILES string of the molecule is CCOc1ccc(C(N)CCOCC(F)(F)F)cc1. The Balaban J connectivity index is 2.34. The summed E-state index contributed by atoms with van der Waals surface area (Å²) in [5.74, 6) is 0.742. The molecule has 6 heteroatoms. The summed E-state index contributed by atoms with van der Waals surface area (Å²) in [6.45, 7) is 1.21. The highest BCUT2D eigenvalue weighted by Crippen LogP contribution is 2.19. The lowest BCUT2D eigenvalue weighted by Gasteiger charge is -2.13. The zero-order chi connectivity index (χ0) is 14.3. The molecule has 1 unspecified atom stereocenters. The van der Waals surface area contributed by atoms with E-state index in [2.05, 4.69) is 4.74 Å². The number of alkyl halides is 3. The first-order valence-corrected chi connectivity index (χ1v) is 6.05. The van der Waals surface area contributed by atoms with Gasteiger partial charge in [-0.05, 0) is 31.0 Å². The summed E-state index contributed by atoms with van der Waals surface area (Å²) >= 11 is 0. The van der Waals surface area contributed by atoms with E-state index in [1.807, 2.05) is 6.92 Å².